The van der Waals surface area contributed by atoms with Crippen LogP contribution in [0.15, 0.2) is 0 Å². The minimum absolute atomic E-state index is 0.0815. The van der Waals surface area contributed by atoms with Crippen molar-refractivity contribution >= 4 is 11.9 Å². The van der Waals surface area contributed by atoms with Gasteiger partial charge in [-0.25, -0.2) is 4.79 Å². The number of ether oxygens (including phenoxy) is 1. The summed E-state index contributed by atoms with van der Waals surface area (Å²) in [5, 5.41) is 0. The van der Waals surface area contributed by atoms with E-state index in [0.29, 0.717) is 6.54 Å². The zero-order valence-electron chi connectivity index (χ0n) is 10.5. The number of carbonyl (C=O) groups is 2. The highest BCUT2D eigenvalue weighted by Crippen LogP contribution is 2.05. The fraction of sp³-hybridized carbons (Fsp3) is 0.818. The molecule has 0 aromatic carbocycles. The third-order valence-corrected chi connectivity index (χ3v) is 2.55. The summed E-state index contributed by atoms with van der Waals surface area (Å²) >= 11 is 0. The van der Waals surface area contributed by atoms with Crippen molar-refractivity contribution in [1.82, 2.24) is 4.90 Å². The lowest BCUT2D eigenvalue weighted by Crippen LogP contribution is -2.51. The molecule has 0 aliphatic carbocycles. The lowest BCUT2D eigenvalue weighted by molar-refractivity contribution is -0.151. The minimum Gasteiger partial charge on any atom is -0.464 e. The number of rotatable bonds is 6. The van der Waals surface area contributed by atoms with Crippen molar-refractivity contribution in [3.05, 3.63) is 0 Å². The second kappa shape index (κ2) is 7.22. The molecule has 0 saturated heterocycles. The third kappa shape index (κ3) is 3.81. The summed E-state index contributed by atoms with van der Waals surface area (Å²) < 4.78 is 4.72. The largest absolute Gasteiger partial charge is 0.464 e. The summed E-state index contributed by atoms with van der Waals surface area (Å²) in [7, 11) is 0. The van der Waals surface area contributed by atoms with Crippen LogP contribution in [0.5, 0.6) is 0 Å². The SMILES string of the molecule is CCOC(=O)C(N)C(=O)N(CC)C(C)CC. The van der Waals surface area contributed by atoms with Crippen molar-refractivity contribution in [2.75, 3.05) is 13.2 Å². The van der Waals surface area contributed by atoms with E-state index in [0.717, 1.165) is 6.42 Å². The van der Waals surface area contributed by atoms with E-state index < -0.39 is 12.0 Å². The van der Waals surface area contributed by atoms with Crippen LogP contribution in [0.4, 0.5) is 0 Å². The molecule has 2 atom stereocenters. The molecule has 0 spiro atoms. The van der Waals surface area contributed by atoms with E-state index in [-0.39, 0.29) is 18.6 Å². The van der Waals surface area contributed by atoms with Gasteiger partial charge < -0.3 is 15.4 Å². The zero-order valence-corrected chi connectivity index (χ0v) is 10.5. The molecule has 94 valence electrons. The Labute approximate surface area is 96.9 Å². The number of esters is 1. The van der Waals surface area contributed by atoms with Gasteiger partial charge in [-0.15, -0.1) is 0 Å². The molecule has 0 fully saturated rings. The number of amides is 1. The first-order valence-corrected chi connectivity index (χ1v) is 5.72. The van der Waals surface area contributed by atoms with Gasteiger partial charge in [0, 0.05) is 12.6 Å². The summed E-state index contributed by atoms with van der Waals surface area (Å²) in [6.45, 7) is 8.23. The quantitative estimate of drug-likeness (QED) is 0.533. The number of likely N-dealkylation sites (N-methyl/N-ethyl adjacent to an activating group) is 1. The summed E-state index contributed by atoms with van der Waals surface area (Å²) in [6, 6.07) is -1.12. The van der Waals surface area contributed by atoms with E-state index in [1.54, 1.807) is 11.8 Å². The Kier molecular flexibility index (Phi) is 6.72. The van der Waals surface area contributed by atoms with Gasteiger partial charge >= 0.3 is 5.97 Å². The van der Waals surface area contributed by atoms with Gasteiger partial charge in [-0.05, 0) is 27.2 Å². The van der Waals surface area contributed by atoms with Gasteiger partial charge in [-0.3, -0.25) is 4.79 Å². The zero-order chi connectivity index (χ0) is 12.7. The molecular formula is C11H22N2O3. The van der Waals surface area contributed by atoms with E-state index in [9.17, 15) is 9.59 Å². The average Bonchev–Trinajstić information content (AvgIpc) is 2.28. The van der Waals surface area contributed by atoms with Gasteiger partial charge in [0.15, 0.2) is 6.04 Å². The number of carbonyl (C=O) groups excluding carboxylic acids is 2. The predicted octanol–water partition coefficient (Wildman–Crippen LogP) is 0.524. The molecule has 5 nitrogen and oxygen atoms in total. The predicted molar refractivity (Wildman–Crippen MR) is 61.7 cm³/mol. The maximum absolute atomic E-state index is 11.9. The van der Waals surface area contributed by atoms with Gasteiger partial charge in [0.1, 0.15) is 0 Å². The third-order valence-electron chi connectivity index (χ3n) is 2.55. The molecule has 0 aromatic rings. The van der Waals surface area contributed by atoms with Crippen molar-refractivity contribution in [1.29, 1.82) is 0 Å². The minimum atomic E-state index is -1.20. The lowest BCUT2D eigenvalue weighted by Gasteiger charge is -2.28. The molecule has 16 heavy (non-hydrogen) atoms. The Morgan fingerprint density at radius 3 is 2.25 bits per heavy atom. The molecule has 2 unspecified atom stereocenters. The van der Waals surface area contributed by atoms with Crippen LogP contribution >= 0.6 is 0 Å². The van der Waals surface area contributed by atoms with Crippen molar-refractivity contribution in [2.45, 2.75) is 46.2 Å². The molecule has 0 bridgehead atoms. The highest BCUT2D eigenvalue weighted by atomic mass is 16.5. The normalized spacial score (nSPS) is 14.1. The second-order valence-corrected chi connectivity index (χ2v) is 3.61. The van der Waals surface area contributed by atoms with Gasteiger partial charge in [0.05, 0.1) is 6.61 Å². The smallest absolute Gasteiger partial charge is 0.332 e. The lowest BCUT2D eigenvalue weighted by atomic mass is 10.2. The van der Waals surface area contributed by atoms with Crippen molar-refractivity contribution < 1.29 is 14.3 Å². The van der Waals surface area contributed by atoms with Gasteiger partial charge in [-0.1, -0.05) is 6.92 Å². The van der Waals surface area contributed by atoms with Gasteiger partial charge in [0.25, 0.3) is 5.91 Å². The topological polar surface area (TPSA) is 72.6 Å². The first-order valence-electron chi connectivity index (χ1n) is 5.72. The standard InChI is InChI=1S/C11H22N2O3/c1-5-8(4)13(6-2)10(14)9(12)11(15)16-7-3/h8-9H,5-7,12H2,1-4H3. The summed E-state index contributed by atoms with van der Waals surface area (Å²) in [4.78, 5) is 24.8. The molecule has 1 amide bonds. The number of hydrogen-bond acceptors (Lipinski definition) is 4. The molecule has 2 N–H and O–H groups in total. The molecule has 0 rings (SSSR count). The second-order valence-electron chi connectivity index (χ2n) is 3.61. The van der Waals surface area contributed by atoms with Gasteiger partial charge in [0.2, 0.25) is 0 Å². The van der Waals surface area contributed by atoms with Crippen LogP contribution in [0.3, 0.4) is 0 Å². The summed E-state index contributed by atoms with van der Waals surface area (Å²) in [5.41, 5.74) is 5.55. The molecular weight excluding hydrogens is 208 g/mol. The number of nitrogens with zero attached hydrogens (tertiary/aromatic N) is 1. The maximum atomic E-state index is 11.9. The van der Waals surface area contributed by atoms with Crippen LogP contribution in [-0.4, -0.2) is 42.0 Å². The van der Waals surface area contributed by atoms with Crippen LogP contribution in [-0.2, 0) is 14.3 Å². The molecule has 0 saturated carbocycles. The average molecular weight is 230 g/mol. The molecule has 5 heteroatoms. The molecule has 0 heterocycles. The highest BCUT2D eigenvalue weighted by Gasteiger charge is 2.29. The Balaban J connectivity index is 4.55. The van der Waals surface area contributed by atoms with Gasteiger partial charge in [-0.2, -0.15) is 0 Å². The van der Waals surface area contributed by atoms with E-state index >= 15 is 0 Å². The van der Waals surface area contributed by atoms with Crippen molar-refractivity contribution in [3.63, 3.8) is 0 Å². The van der Waals surface area contributed by atoms with E-state index in [1.165, 1.54) is 0 Å². The molecule has 0 aromatic heterocycles. The van der Waals surface area contributed by atoms with Crippen LogP contribution in [0.1, 0.15) is 34.1 Å². The van der Waals surface area contributed by atoms with Crippen LogP contribution in [0.2, 0.25) is 0 Å². The van der Waals surface area contributed by atoms with E-state index in [2.05, 4.69) is 0 Å². The van der Waals surface area contributed by atoms with Crippen molar-refractivity contribution in [3.8, 4) is 0 Å². The molecule has 0 aliphatic heterocycles. The van der Waals surface area contributed by atoms with Crippen LogP contribution < -0.4 is 5.73 Å². The highest BCUT2D eigenvalue weighted by molar-refractivity contribution is 6.01. The summed E-state index contributed by atoms with van der Waals surface area (Å²) in [5.74, 6) is -1.02. The van der Waals surface area contributed by atoms with E-state index in [1.807, 2.05) is 20.8 Å². The Bertz CT molecular complexity index is 243. The fourth-order valence-corrected chi connectivity index (χ4v) is 1.42. The first-order chi connectivity index (χ1) is 7.49. The van der Waals surface area contributed by atoms with Crippen LogP contribution in [0, 0.1) is 0 Å². The van der Waals surface area contributed by atoms with Crippen molar-refractivity contribution in [2.24, 2.45) is 5.73 Å². The summed E-state index contributed by atoms with van der Waals surface area (Å²) in [6.07, 6.45) is 0.828. The maximum Gasteiger partial charge on any atom is 0.332 e. The number of nitrogens with two attached hydrogens (primary N) is 1. The fourth-order valence-electron chi connectivity index (χ4n) is 1.42. The Morgan fingerprint density at radius 2 is 1.88 bits per heavy atom. The van der Waals surface area contributed by atoms with Crippen LogP contribution in [0.25, 0.3) is 0 Å². The molecule has 0 radical (unpaired) electrons. The Morgan fingerprint density at radius 1 is 1.31 bits per heavy atom. The monoisotopic (exact) mass is 230 g/mol. The van der Waals surface area contributed by atoms with E-state index in [4.69, 9.17) is 10.5 Å². The Hall–Kier alpha value is -1.10. The number of hydrogen-bond donors (Lipinski definition) is 1. The molecule has 0 aliphatic rings. The first kappa shape index (κ1) is 14.9.